The highest BCUT2D eigenvalue weighted by atomic mass is 16.5. The highest BCUT2D eigenvalue weighted by molar-refractivity contribution is 5.98. The van der Waals surface area contributed by atoms with Gasteiger partial charge >= 0.3 is 0 Å². The van der Waals surface area contributed by atoms with Crippen LogP contribution in [0, 0.1) is 0 Å². The van der Waals surface area contributed by atoms with Crippen LogP contribution < -0.4 is 4.74 Å². The molecule has 1 atom stereocenters. The Morgan fingerprint density at radius 3 is 2.83 bits per heavy atom. The van der Waals surface area contributed by atoms with Gasteiger partial charge in [0.15, 0.2) is 0 Å². The maximum absolute atomic E-state index is 12.7. The summed E-state index contributed by atoms with van der Waals surface area (Å²) in [5, 5.41) is 2.22. The van der Waals surface area contributed by atoms with Gasteiger partial charge in [0.05, 0.1) is 12.7 Å². The quantitative estimate of drug-likeness (QED) is 0.745. The molecule has 4 rings (SSSR count). The summed E-state index contributed by atoms with van der Waals surface area (Å²) >= 11 is 0. The van der Waals surface area contributed by atoms with Gasteiger partial charge < -0.3 is 9.64 Å². The van der Waals surface area contributed by atoms with Crippen LogP contribution in [0.3, 0.4) is 0 Å². The zero-order valence-corrected chi connectivity index (χ0v) is 13.1. The predicted octanol–water partition coefficient (Wildman–Crippen LogP) is 2.92. The summed E-state index contributed by atoms with van der Waals surface area (Å²) in [6.07, 6.45) is 5.56. The Morgan fingerprint density at radius 1 is 1.12 bits per heavy atom. The molecule has 1 unspecified atom stereocenters. The van der Waals surface area contributed by atoms with Gasteiger partial charge in [0.25, 0.3) is 5.91 Å². The Labute approximate surface area is 139 Å². The summed E-state index contributed by atoms with van der Waals surface area (Å²) < 4.78 is 5.79. The number of hydrogen-bond donors (Lipinski definition) is 0. The van der Waals surface area contributed by atoms with E-state index >= 15 is 0 Å². The van der Waals surface area contributed by atoms with Crippen LogP contribution in [0.1, 0.15) is 16.8 Å². The number of carbonyl (C=O) groups excluding carboxylic acids is 1. The van der Waals surface area contributed by atoms with Crippen LogP contribution in [-0.2, 0) is 0 Å². The highest BCUT2D eigenvalue weighted by Gasteiger charge is 2.28. The molecule has 1 aliphatic rings. The van der Waals surface area contributed by atoms with Crippen LogP contribution in [0.5, 0.6) is 5.88 Å². The maximum atomic E-state index is 12.7. The number of nitrogens with zero attached hydrogens (tertiary/aromatic N) is 3. The molecule has 3 aromatic rings. The lowest BCUT2D eigenvalue weighted by atomic mass is 10.1. The summed E-state index contributed by atoms with van der Waals surface area (Å²) in [6.45, 7) is 1.26. The van der Waals surface area contributed by atoms with Crippen molar-refractivity contribution in [2.45, 2.75) is 12.5 Å². The largest absolute Gasteiger partial charge is 0.471 e. The first-order chi connectivity index (χ1) is 11.8. The first-order valence-electron chi connectivity index (χ1n) is 8.00. The molecular weight excluding hydrogens is 302 g/mol. The third kappa shape index (κ3) is 2.93. The Bertz CT molecular complexity index is 867. The van der Waals surface area contributed by atoms with Crippen molar-refractivity contribution in [3.63, 3.8) is 0 Å². The minimum atomic E-state index is -0.0360. The smallest absolute Gasteiger partial charge is 0.254 e. The van der Waals surface area contributed by atoms with E-state index in [1.807, 2.05) is 47.4 Å². The summed E-state index contributed by atoms with van der Waals surface area (Å²) in [4.78, 5) is 22.7. The standard InChI is InChI=1S/C19H17N3O2/c23-19(16-6-5-14-3-1-2-4-15(14)11-16)22-10-7-17(13-22)24-18-12-20-8-9-21-18/h1-6,8-9,11-12,17H,7,10,13H2. The number of carbonyl (C=O) groups is 1. The van der Waals surface area contributed by atoms with Crippen LogP contribution >= 0.6 is 0 Å². The zero-order chi connectivity index (χ0) is 16.4. The number of fused-ring (bicyclic) bond motifs is 1. The lowest BCUT2D eigenvalue weighted by Crippen LogP contribution is -2.31. The number of likely N-dealkylation sites (tertiary alicyclic amines) is 1. The van der Waals surface area contributed by atoms with E-state index in [2.05, 4.69) is 9.97 Å². The molecule has 5 nitrogen and oxygen atoms in total. The van der Waals surface area contributed by atoms with Gasteiger partial charge in [-0.25, -0.2) is 4.98 Å². The van der Waals surface area contributed by atoms with Crippen molar-refractivity contribution in [3.05, 3.63) is 66.6 Å². The summed E-state index contributed by atoms with van der Waals surface area (Å²) in [6, 6.07) is 13.9. The van der Waals surface area contributed by atoms with Gasteiger partial charge in [-0.2, -0.15) is 0 Å². The summed E-state index contributed by atoms with van der Waals surface area (Å²) in [5.41, 5.74) is 0.717. The zero-order valence-electron chi connectivity index (χ0n) is 13.1. The fourth-order valence-corrected chi connectivity index (χ4v) is 3.03. The first-order valence-corrected chi connectivity index (χ1v) is 8.00. The summed E-state index contributed by atoms with van der Waals surface area (Å²) in [5.74, 6) is 0.550. The van der Waals surface area contributed by atoms with Crippen molar-refractivity contribution in [3.8, 4) is 5.88 Å². The molecule has 5 heteroatoms. The molecule has 1 amide bonds. The van der Waals surface area contributed by atoms with Gasteiger partial charge in [-0.3, -0.25) is 9.78 Å². The second-order valence-electron chi connectivity index (χ2n) is 5.89. The lowest BCUT2D eigenvalue weighted by Gasteiger charge is -2.17. The van der Waals surface area contributed by atoms with E-state index in [9.17, 15) is 4.79 Å². The third-order valence-corrected chi connectivity index (χ3v) is 4.26. The van der Waals surface area contributed by atoms with Gasteiger partial charge in [0.1, 0.15) is 6.10 Å². The molecule has 0 saturated carbocycles. The van der Waals surface area contributed by atoms with Crippen molar-refractivity contribution in [2.75, 3.05) is 13.1 Å². The molecule has 1 aliphatic heterocycles. The number of aromatic nitrogens is 2. The third-order valence-electron chi connectivity index (χ3n) is 4.26. The highest BCUT2D eigenvalue weighted by Crippen LogP contribution is 2.20. The molecule has 0 aliphatic carbocycles. The van der Waals surface area contributed by atoms with Crippen molar-refractivity contribution < 1.29 is 9.53 Å². The van der Waals surface area contributed by atoms with Crippen LogP contribution in [0.25, 0.3) is 10.8 Å². The second kappa shape index (κ2) is 6.28. The Morgan fingerprint density at radius 2 is 2.00 bits per heavy atom. The van der Waals surface area contributed by atoms with Gasteiger partial charge in [0, 0.05) is 30.9 Å². The predicted molar refractivity (Wildman–Crippen MR) is 90.9 cm³/mol. The molecule has 2 aromatic carbocycles. The van der Waals surface area contributed by atoms with E-state index in [1.54, 1.807) is 18.6 Å². The van der Waals surface area contributed by atoms with Crippen LogP contribution in [0.15, 0.2) is 61.1 Å². The maximum Gasteiger partial charge on any atom is 0.254 e. The van der Waals surface area contributed by atoms with E-state index in [0.717, 1.165) is 17.2 Å². The topological polar surface area (TPSA) is 55.3 Å². The SMILES string of the molecule is O=C(c1ccc2ccccc2c1)N1CCC(Oc2cnccn2)C1. The van der Waals surface area contributed by atoms with Crippen molar-refractivity contribution in [2.24, 2.45) is 0 Å². The van der Waals surface area contributed by atoms with Crippen LogP contribution in [0.2, 0.25) is 0 Å². The lowest BCUT2D eigenvalue weighted by molar-refractivity contribution is 0.0771. The van der Waals surface area contributed by atoms with Crippen LogP contribution in [-0.4, -0.2) is 40.0 Å². The molecule has 1 fully saturated rings. The molecule has 0 radical (unpaired) electrons. The Hall–Kier alpha value is -2.95. The van der Waals surface area contributed by atoms with Crippen LogP contribution in [0.4, 0.5) is 0 Å². The molecule has 0 bridgehead atoms. The average Bonchev–Trinajstić information content (AvgIpc) is 3.10. The molecule has 1 aromatic heterocycles. The Kier molecular flexibility index (Phi) is 3.83. The molecule has 2 heterocycles. The van der Waals surface area contributed by atoms with Crippen molar-refractivity contribution in [1.29, 1.82) is 0 Å². The average molecular weight is 319 g/mol. The van der Waals surface area contributed by atoms with Crippen molar-refractivity contribution >= 4 is 16.7 Å². The molecule has 120 valence electrons. The minimum absolute atomic E-state index is 0.0360. The molecule has 24 heavy (non-hydrogen) atoms. The van der Waals surface area contributed by atoms with Crippen molar-refractivity contribution in [1.82, 2.24) is 14.9 Å². The first kappa shape index (κ1) is 14.6. The fourth-order valence-electron chi connectivity index (χ4n) is 3.03. The number of amides is 1. The molecule has 0 N–H and O–H groups in total. The van der Waals surface area contributed by atoms with Gasteiger partial charge in [-0.1, -0.05) is 30.3 Å². The second-order valence-corrected chi connectivity index (χ2v) is 5.89. The fraction of sp³-hybridized carbons (Fsp3) is 0.211. The molecule has 1 saturated heterocycles. The van der Waals surface area contributed by atoms with E-state index in [0.29, 0.717) is 24.5 Å². The van der Waals surface area contributed by atoms with Gasteiger partial charge in [-0.05, 0) is 22.9 Å². The molecule has 0 spiro atoms. The van der Waals surface area contributed by atoms with Gasteiger partial charge in [0.2, 0.25) is 5.88 Å². The van der Waals surface area contributed by atoms with E-state index < -0.39 is 0 Å². The van der Waals surface area contributed by atoms with E-state index in [4.69, 9.17) is 4.74 Å². The molecular formula is C19H17N3O2. The van der Waals surface area contributed by atoms with E-state index in [1.165, 1.54) is 0 Å². The normalized spacial score (nSPS) is 17.2. The number of rotatable bonds is 3. The van der Waals surface area contributed by atoms with Gasteiger partial charge in [-0.15, -0.1) is 0 Å². The summed E-state index contributed by atoms with van der Waals surface area (Å²) in [7, 11) is 0. The minimum Gasteiger partial charge on any atom is -0.471 e. The monoisotopic (exact) mass is 319 g/mol. The number of ether oxygens (including phenoxy) is 1. The van der Waals surface area contributed by atoms with E-state index in [-0.39, 0.29) is 12.0 Å². The Balaban J connectivity index is 1.46. The number of benzene rings is 2. The number of hydrogen-bond acceptors (Lipinski definition) is 4.